The first kappa shape index (κ1) is 22.0. The Bertz CT molecular complexity index is 1250. The lowest BCUT2D eigenvalue weighted by molar-refractivity contribution is 0.108. The third kappa shape index (κ3) is 4.13. The first-order valence-corrected chi connectivity index (χ1v) is 12.5. The summed E-state index contributed by atoms with van der Waals surface area (Å²) in [4.78, 5) is 23.8. The molecule has 3 saturated heterocycles. The largest absolute Gasteiger partial charge is 0.368 e. The molecular weight excluding hydrogens is 438 g/mol. The van der Waals surface area contributed by atoms with E-state index in [0.29, 0.717) is 17.6 Å². The van der Waals surface area contributed by atoms with Crippen LogP contribution in [0.15, 0.2) is 42.7 Å². The van der Waals surface area contributed by atoms with E-state index >= 15 is 0 Å². The van der Waals surface area contributed by atoms with Gasteiger partial charge < -0.3 is 20.0 Å². The Morgan fingerprint density at radius 1 is 0.914 bits per heavy atom. The van der Waals surface area contributed by atoms with Crippen LogP contribution in [0.1, 0.15) is 12.5 Å². The maximum atomic E-state index is 9.54. The number of pyridine rings is 1. The maximum Gasteiger partial charge on any atom is 0.227 e. The summed E-state index contributed by atoms with van der Waals surface area (Å²) in [5, 5.41) is 14.0. The van der Waals surface area contributed by atoms with Crippen molar-refractivity contribution in [1.82, 2.24) is 25.2 Å². The van der Waals surface area contributed by atoms with Crippen LogP contribution < -0.4 is 20.0 Å². The molecule has 2 atom stereocenters. The lowest BCUT2D eigenvalue weighted by Gasteiger charge is -2.51. The quantitative estimate of drug-likeness (QED) is 0.616. The molecule has 3 fully saturated rings. The van der Waals surface area contributed by atoms with Crippen LogP contribution in [0.2, 0.25) is 0 Å². The van der Waals surface area contributed by atoms with Gasteiger partial charge in [0.2, 0.25) is 5.95 Å². The molecule has 0 radical (unpaired) electrons. The Morgan fingerprint density at radius 2 is 1.77 bits per heavy atom. The predicted octanol–water partition coefficient (Wildman–Crippen LogP) is 1.71. The van der Waals surface area contributed by atoms with Crippen LogP contribution in [0.5, 0.6) is 0 Å². The zero-order valence-corrected chi connectivity index (χ0v) is 20.1. The number of hydrogen-bond acceptors (Lipinski definition) is 9. The fraction of sp³-hybridized carbons (Fsp3) is 0.462. The Hall–Kier alpha value is -3.48. The smallest absolute Gasteiger partial charge is 0.227 e. The number of aromatic nitrogens is 3. The highest BCUT2D eigenvalue weighted by Gasteiger charge is 2.37. The van der Waals surface area contributed by atoms with Gasteiger partial charge in [-0.1, -0.05) is 0 Å². The van der Waals surface area contributed by atoms with E-state index in [1.807, 2.05) is 24.4 Å². The SMILES string of the molecule is CC1CN(c2ccc(C#N)c3ncccc23)C[C@@H]2CN(c3ccnc(N4CCNCC4)n3)CCN12. The van der Waals surface area contributed by atoms with Crippen molar-refractivity contribution in [2.45, 2.75) is 19.0 Å². The van der Waals surface area contributed by atoms with Crippen LogP contribution in [0.25, 0.3) is 10.9 Å². The van der Waals surface area contributed by atoms with Gasteiger partial charge in [-0.05, 0) is 37.3 Å². The van der Waals surface area contributed by atoms with Gasteiger partial charge in [0.15, 0.2) is 0 Å². The lowest BCUT2D eigenvalue weighted by atomic mass is 10.0. The molecule has 0 spiro atoms. The average Bonchev–Trinajstić information content (AvgIpc) is 2.92. The second-order valence-corrected chi connectivity index (χ2v) is 9.69. The minimum absolute atomic E-state index is 0.396. The maximum absolute atomic E-state index is 9.54. The number of piperazine rings is 3. The Kier molecular flexibility index (Phi) is 5.84. The van der Waals surface area contributed by atoms with E-state index in [1.165, 1.54) is 5.69 Å². The molecule has 0 bridgehead atoms. The van der Waals surface area contributed by atoms with Crippen LogP contribution in [-0.2, 0) is 0 Å². The molecule has 180 valence electrons. The van der Waals surface area contributed by atoms with E-state index < -0.39 is 0 Å². The van der Waals surface area contributed by atoms with Crippen LogP contribution in [0.3, 0.4) is 0 Å². The van der Waals surface area contributed by atoms with E-state index in [0.717, 1.165) is 81.6 Å². The van der Waals surface area contributed by atoms with Crippen molar-refractivity contribution in [3.05, 3.63) is 48.3 Å². The third-order valence-corrected chi connectivity index (χ3v) is 7.57. The highest BCUT2D eigenvalue weighted by molar-refractivity contribution is 5.95. The number of fused-ring (bicyclic) bond motifs is 2. The summed E-state index contributed by atoms with van der Waals surface area (Å²) < 4.78 is 0. The van der Waals surface area contributed by atoms with E-state index in [9.17, 15) is 5.26 Å². The highest BCUT2D eigenvalue weighted by atomic mass is 15.4. The number of anilines is 3. The zero-order valence-electron chi connectivity index (χ0n) is 20.1. The zero-order chi connectivity index (χ0) is 23.8. The number of nitrogens with one attached hydrogen (secondary N) is 1. The minimum Gasteiger partial charge on any atom is -0.368 e. The molecule has 1 aromatic carbocycles. The van der Waals surface area contributed by atoms with Crippen molar-refractivity contribution in [3.8, 4) is 6.07 Å². The fourth-order valence-corrected chi connectivity index (χ4v) is 5.83. The summed E-state index contributed by atoms with van der Waals surface area (Å²) in [5.41, 5.74) is 2.58. The Balaban J connectivity index is 1.24. The van der Waals surface area contributed by atoms with Crippen molar-refractivity contribution in [2.75, 3.05) is 73.6 Å². The predicted molar refractivity (Wildman–Crippen MR) is 138 cm³/mol. The second-order valence-electron chi connectivity index (χ2n) is 9.69. The van der Waals surface area contributed by atoms with E-state index in [2.05, 4.69) is 60.0 Å². The summed E-state index contributed by atoms with van der Waals surface area (Å²) in [7, 11) is 0. The number of benzene rings is 1. The van der Waals surface area contributed by atoms with Crippen molar-refractivity contribution in [1.29, 1.82) is 5.26 Å². The van der Waals surface area contributed by atoms with Gasteiger partial charge in [0.25, 0.3) is 0 Å². The number of hydrogen-bond donors (Lipinski definition) is 1. The molecule has 3 aliphatic rings. The number of nitriles is 1. The van der Waals surface area contributed by atoms with Gasteiger partial charge >= 0.3 is 0 Å². The normalized spacial score (nSPS) is 23.3. The van der Waals surface area contributed by atoms with Crippen molar-refractivity contribution >= 4 is 28.4 Å². The summed E-state index contributed by atoms with van der Waals surface area (Å²) in [6.45, 7) is 11.0. The van der Waals surface area contributed by atoms with Gasteiger partial charge in [-0.2, -0.15) is 10.2 Å². The minimum atomic E-state index is 0.396. The van der Waals surface area contributed by atoms with Gasteiger partial charge in [0.05, 0.1) is 11.1 Å². The average molecular weight is 470 g/mol. The van der Waals surface area contributed by atoms with E-state index in [1.54, 1.807) is 6.20 Å². The summed E-state index contributed by atoms with van der Waals surface area (Å²) in [6, 6.07) is 13.2. The van der Waals surface area contributed by atoms with Gasteiger partial charge in [0, 0.05) is 94.5 Å². The van der Waals surface area contributed by atoms with Crippen molar-refractivity contribution < 1.29 is 0 Å². The Morgan fingerprint density at radius 3 is 2.63 bits per heavy atom. The molecule has 0 aliphatic carbocycles. The number of nitrogens with zero attached hydrogens (tertiary/aromatic N) is 8. The van der Waals surface area contributed by atoms with Gasteiger partial charge in [0.1, 0.15) is 11.9 Å². The molecule has 0 saturated carbocycles. The van der Waals surface area contributed by atoms with Crippen LogP contribution in [-0.4, -0.2) is 90.8 Å². The van der Waals surface area contributed by atoms with Gasteiger partial charge in [-0.15, -0.1) is 0 Å². The van der Waals surface area contributed by atoms with E-state index in [4.69, 9.17) is 4.98 Å². The Labute approximate surface area is 206 Å². The molecule has 1 unspecified atom stereocenters. The molecule has 9 heteroatoms. The third-order valence-electron chi connectivity index (χ3n) is 7.57. The lowest BCUT2D eigenvalue weighted by Crippen LogP contribution is -2.65. The van der Waals surface area contributed by atoms with E-state index in [-0.39, 0.29) is 0 Å². The molecule has 35 heavy (non-hydrogen) atoms. The van der Waals surface area contributed by atoms with Crippen LogP contribution in [0.4, 0.5) is 17.5 Å². The van der Waals surface area contributed by atoms with Gasteiger partial charge in [-0.25, -0.2) is 4.98 Å². The molecule has 6 rings (SSSR count). The monoisotopic (exact) mass is 469 g/mol. The van der Waals surface area contributed by atoms with Crippen molar-refractivity contribution in [2.24, 2.45) is 0 Å². The molecule has 1 N–H and O–H groups in total. The first-order chi connectivity index (χ1) is 17.2. The summed E-state index contributed by atoms with van der Waals surface area (Å²) in [5.74, 6) is 1.85. The second kappa shape index (κ2) is 9.29. The first-order valence-electron chi connectivity index (χ1n) is 12.5. The molecule has 2 aromatic heterocycles. The van der Waals surface area contributed by atoms with Gasteiger partial charge in [-0.3, -0.25) is 9.88 Å². The molecule has 9 nitrogen and oxygen atoms in total. The molecule has 3 aliphatic heterocycles. The van der Waals surface area contributed by atoms with Crippen molar-refractivity contribution in [3.63, 3.8) is 0 Å². The summed E-state index contributed by atoms with van der Waals surface area (Å²) >= 11 is 0. The van der Waals surface area contributed by atoms with Crippen LogP contribution in [0, 0.1) is 11.3 Å². The topological polar surface area (TPSA) is 87.5 Å². The molecule has 0 amide bonds. The number of rotatable bonds is 3. The van der Waals surface area contributed by atoms with Crippen LogP contribution >= 0.6 is 0 Å². The fourth-order valence-electron chi connectivity index (χ4n) is 5.83. The molecular formula is C26H31N9. The standard InChI is InChI=1S/C26H31N9/c1-19-16-34(23-5-4-20(15-27)25-22(23)3-2-7-29-25)18-21-17-33(13-14-35(19)21)24-6-8-30-26(31-24)32-11-9-28-10-12-32/h2-8,19,21,28H,9-14,16-18H2,1H3/t19?,21-/m0/s1. The highest BCUT2D eigenvalue weighted by Crippen LogP contribution is 2.32. The molecule has 5 heterocycles. The summed E-state index contributed by atoms with van der Waals surface area (Å²) in [6.07, 6.45) is 3.67. The molecule has 3 aromatic rings.